The number of amides is 1. The minimum absolute atomic E-state index is 0.0514. The van der Waals surface area contributed by atoms with Gasteiger partial charge in [0, 0.05) is 55.2 Å². The minimum Gasteiger partial charge on any atom is -0.393 e. The molecule has 0 spiro atoms. The van der Waals surface area contributed by atoms with Crippen LogP contribution in [-0.2, 0) is 15.1 Å². The standard InChI is InChI=1S/C27H39N7O4/c1-17(16-38-4)30-26-28-13-24-22(11-23(34(24)31-26)18-5-7-20(35)8-6-18)19-12-29-33(14-19)27(2,3)25(37)32-10-9-21(36)15-32/h11-14,17-18,20-21,35-36H,5-10,15-16H2,1-4H3,(H,30,31)/t17-,18?,20?,21-/m0/s1. The zero-order chi connectivity index (χ0) is 27.0. The smallest absolute Gasteiger partial charge is 0.250 e. The van der Waals surface area contributed by atoms with Crippen LogP contribution in [-0.4, -0.2) is 90.5 Å². The van der Waals surface area contributed by atoms with Crippen molar-refractivity contribution in [3.05, 3.63) is 30.4 Å². The number of hydrogen-bond donors (Lipinski definition) is 3. The van der Waals surface area contributed by atoms with Crippen molar-refractivity contribution in [2.45, 2.75) is 82.6 Å². The van der Waals surface area contributed by atoms with Crippen LogP contribution in [0.15, 0.2) is 24.7 Å². The van der Waals surface area contributed by atoms with Gasteiger partial charge in [0.15, 0.2) is 0 Å². The number of hydrogen-bond acceptors (Lipinski definition) is 8. The lowest BCUT2D eigenvalue weighted by atomic mass is 9.85. The monoisotopic (exact) mass is 525 g/mol. The Labute approximate surface area is 222 Å². The Hall–Kier alpha value is -3.02. The highest BCUT2D eigenvalue weighted by Gasteiger charge is 2.38. The maximum Gasteiger partial charge on any atom is 0.250 e. The lowest BCUT2D eigenvalue weighted by Crippen LogP contribution is -2.46. The summed E-state index contributed by atoms with van der Waals surface area (Å²) in [5, 5.41) is 32.7. The van der Waals surface area contributed by atoms with Gasteiger partial charge in [-0.1, -0.05) is 0 Å². The van der Waals surface area contributed by atoms with E-state index in [-0.39, 0.29) is 24.0 Å². The molecule has 38 heavy (non-hydrogen) atoms. The fourth-order valence-corrected chi connectivity index (χ4v) is 5.67. The SMILES string of the molecule is COC[C@H](C)Nc1ncc2c(-c3cnn(C(C)(C)C(=O)N4CC[C@H](O)C4)c3)cc(C3CCC(O)CC3)n2n1. The van der Waals surface area contributed by atoms with Gasteiger partial charge in [-0.3, -0.25) is 9.48 Å². The average molecular weight is 526 g/mol. The van der Waals surface area contributed by atoms with Gasteiger partial charge in [-0.25, -0.2) is 9.50 Å². The van der Waals surface area contributed by atoms with Crippen LogP contribution in [0.4, 0.5) is 5.95 Å². The van der Waals surface area contributed by atoms with E-state index in [1.807, 2.05) is 37.7 Å². The van der Waals surface area contributed by atoms with Crippen molar-refractivity contribution in [1.82, 2.24) is 29.3 Å². The number of β-amino-alcohol motifs (C(OH)–C–C–N with tert-alkyl or cyclic N) is 1. The van der Waals surface area contributed by atoms with Gasteiger partial charge in [-0.15, -0.1) is 5.10 Å². The minimum atomic E-state index is -0.898. The van der Waals surface area contributed by atoms with E-state index in [2.05, 4.69) is 21.5 Å². The van der Waals surface area contributed by atoms with Crippen molar-refractivity contribution in [3.63, 3.8) is 0 Å². The largest absolute Gasteiger partial charge is 0.393 e. The van der Waals surface area contributed by atoms with Gasteiger partial charge < -0.3 is 25.2 Å². The Balaban J connectivity index is 1.49. The summed E-state index contributed by atoms with van der Waals surface area (Å²) in [7, 11) is 1.67. The van der Waals surface area contributed by atoms with Gasteiger partial charge in [-0.05, 0) is 58.9 Å². The van der Waals surface area contributed by atoms with Crippen molar-refractivity contribution in [1.29, 1.82) is 0 Å². The number of nitrogens with zero attached hydrogens (tertiary/aromatic N) is 6. The second-order valence-electron chi connectivity index (χ2n) is 11.3. The third kappa shape index (κ3) is 5.14. The third-order valence-electron chi connectivity index (χ3n) is 7.89. The second kappa shape index (κ2) is 10.6. The van der Waals surface area contributed by atoms with E-state index in [1.165, 1.54) is 0 Å². The van der Waals surface area contributed by atoms with Crippen LogP contribution in [0.5, 0.6) is 0 Å². The van der Waals surface area contributed by atoms with Gasteiger partial charge >= 0.3 is 0 Å². The first-order valence-corrected chi connectivity index (χ1v) is 13.5. The molecule has 3 aromatic heterocycles. The number of rotatable bonds is 8. The molecule has 0 aromatic carbocycles. The highest BCUT2D eigenvalue weighted by molar-refractivity contribution is 5.85. The zero-order valence-electron chi connectivity index (χ0n) is 22.7. The molecule has 0 unspecified atom stereocenters. The average Bonchev–Trinajstić information content (AvgIpc) is 3.63. The predicted molar refractivity (Wildman–Crippen MR) is 143 cm³/mol. The predicted octanol–water partition coefficient (Wildman–Crippen LogP) is 2.39. The molecule has 1 saturated heterocycles. The third-order valence-corrected chi connectivity index (χ3v) is 7.89. The van der Waals surface area contributed by atoms with Crippen LogP contribution in [0, 0.1) is 0 Å². The summed E-state index contributed by atoms with van der Waals surface area (Å²) in [5.41, 5.74) is 2.88. The molecule has 11 heteroatoms. The highest BCUT2D eigenvalue weighted by atomic mass is 16.5. The summed E-state index contributed by atoms with van der Waals surface area (Å²) < 4.78 is 8.91. The molecule has 1 amide bonds. The number of methoxy groups -OCH3 is 1. The number of anilines is 1. The number of fused-ring (bicyclic) bond motifs is 1. The number of carbonyl (C=O) groups is 1. The fourth-order valence-electron chi connectivity index (χ4n) is 5.67. The summed E-state index contributed by atoms with van der Waals surface area (Å²) in [6.45, 7) is 7.18. The molecule has 5 rings (SSSR count). The van der Waals surface area contributed by atoms with Crippen molar-refractivity contribution in [2.75, 3.05) is 32.1 Å². The molecule has 11 nitrogen and oxygen atoms in total. The molecule has 4 heterocycles. The van der Waals surface area contributed by atoms with E-state index < -0.39 is 11.6 Å². The number of aliphatic hydroxyl groups is 2. The van der Waals surface area contributed by atoms with Crippen LogP contribution in [0.2, 0.25) is 0 Å². The number of aromatic nitrogens is 5. The van der Waals surface area contributed by atoms with E-state index >= 15 is 0 Å². The Morgan fingerprint density at radius 3 is 2.63 bits per heavy atom. The molecule has 3 aromatic rings. The van der Waals surface area contributed by atoms with E-state index in [0.717, 1.165) is 48.0 Å². The summed E-state index contributed by atoms with van der Waals surface area (Å²) in [6.07, 6.45) is 8.73. The first-order valence-electron chi connectivity index (χ1n) is 13.5. The van der Waals surface area contributed by atoms with Crippen LogP contribution >= 0.6 is 0 Å². The first kappa shape index (κ1) is 26.6. The number of aliphatic hydroxyl groups excluding tert-OH is 2. The van der Waals surface area contributed by atoms with Gasteiger partial charge in [0.25, 0.3) is 0 Å². The Morgan fingerprint density at radius 1 is 1.18 bits per heavy atom. The molecule has 2 aliphatic rings. The normalized spacial score (nSPS) is 23.2. The van der Waals surface area contributed by atoms with Crippen molar-refractivity contribution in [3.8, 4) is 11.1 Å². The summed E-state index contributed by atoms with van der Waals surface area (Å²) in [4.78, 5) is 19.6. The quantitative estimate of drug-likeness (QED) is 0.409. The van der Waals surface area contributed by atoms with Gasteiger partial charge in [0.05, 0.1) is 36.7 Å². The number of likely N-dealkylation sites (tertiary alicyclic amines) is 1. The molecule has 1 aliphatic heterocycles. The van der Waals surface area contributed by atoms with E-state index in [0.29, 0.717) is 32.1 Å². The maximum absolute atomic E-state index is 13.3. The van der Waals surface area contributed by atoms with Crippen LogP contribution < -0.4 is 5.32 Å². The summed E-state index contributed by atoms with van der Waals surface area (Å²) in [6, 6.07) is 2.21. The van der Waals surface area contributed by atoms with Gasteiger partial charge in [-0.2, -0.15) is 5.10 Å². The van der Waals surface area contributed by atoms with E-state index in [1.54, 1.807) is 22.9 Å². The number of carbonyl (C=O) groups excluding carboxylic acids is 1. The van der Waals surface area contributed by atoms with Gasteiger partial charge in [0.1, 0.15) is 5.54 Å². The highest BCUT2D eigenvalue weighted by Crippen LogP contribution is 2.38. The van der Waals surface area contributed by atoms with Crippen LogP contribution in [0.1, 0.15) is 64.5 Å². The molecule has 1 aliphatic carbocycles. The zero-order valence-corrected chi connectivity index (χ0v) is 22.7. The summed E-state index contributed by atoms with van der Waals surface area (Å²) in [5.74, 6) is 0.737. The molecule has 2 atom stereocenters. The Bertz CT molecular complexity index is 1280. The lowest BCUT2D eigenvalue weighted by molar-refractivity contribution is -0.139. The number of ether oxygens (including phenoxy) is 1. The van der Waals surface area contributed by atoms with Crippen molar-refractivity contribution >= 4 is 17.4 Å². The molecule has 2 fully saturated rings. The Morgan fingerprint density at radius 2 is 1.95 bits per heavy atom. The molecule has 3 N–H and O–H groups in total. The Kier molecular flexibility index (Phi) is 7.43. The topological polar surface area (TPSA) is 130 Å². The fraction of sp³-hybridized carbons (Fsp3) is 0.630. The molecule has 0 bridgehead atoms. The van der Waals surface area contributed by atoms with Crippen molar-refractivity contribution < 1.29 is 19.7 Å². The molecule has 1 saturated carbocycles. The molecule has 206 valence electrons. The number of nitrogens with one attached hydrogen (secondary N) is 1. The van der Waals surface area contributed by atoms with Gasteiger partial charge in [0.2, 0.25) is 11.9 Å². The maximum atomic E-state index is 13.3. The molecule has 0 radical (unpaired) electrons. The van der Waals surface area contributed by atoms with E-state index in [4.69, 9.17) is 9.84 Å². The molecular weight excluding hydrogens is 486 g/mol. The first-order chi connectivity index (χ1) is 18.2. The van der Waals surface area contributed by atoms with Crippen LogP contribution in [0.3, 0.4) is 0 Å². The summed E-state index contributed by atoms with van der Waals surface area (Å²) >= 11 is 0. The van der Waals surface area contributed by atoms with E-state index in [9.17, 15) is 15.0 Å². The lowest BCUT2D eigenvalue weighted by Gasteiger charge is -2.29. The van der Waals surface area contributed by atoms with Crippen molar-refractivity contribution in [2.24, 2.45) is 0 Å². The molecular formula is C27H39N7O4. The second-order valence-corrected chi connectivity index (χ2v) is 11.3. The van der Waals surface area contributed by atoms with Crippen LogP contribution in [0.25, 0.3) is 16.6 Å².